The minimum atomic E-state index is -3.82. The highest BCUT2D eigenvalue weighted by atomic mass is 32.2. The maximum absolute atomic E-state index is 13.2. The number of hydrogen-bond acceptors (Lipinski definition) is 8. The lowest BCUT2D eigenvalue weighted by atomic mass is 10.1. The van der Waals surface area contributed by atoms with Gasteiger partial charge in [-0.05, 0) is 68.8 Å². The van der Waals surface area contributed by atoms with Gasteiger partial charge in [0.25, 0.3) is 10.0 Å². The number of carbonyl (C=O) groups is 1. The second-order valence-corrected chi connectivity index (χ2v) is 12.0. The fourth-order valence-electron chi connectivity index (χ4n) is 4.14. The van der Waals surface area contributed by atoms with E-state index in [2.05, 4.69) is 20.3 Å². The van der Waals surface area contributed by atoms with Crippen molar-refractivity contribution in [1.29, 1.82) is 0 Å². The van der Waals surface area contributed by atoms with E-state index >= 15 is 0 Å². The zero-order chi connectivity index (χ0) is 28.5. The van der Waals surface area contributed by atoms with Crippen LogP contribution in [-0.4, -0.2) is 39.0 Å². The van der Waals surface area contributed by atoms with Gasteiger partial charge in [0.2, 0.25) is 5.95 Å². The Morgan fingerprint density at radius 3 is 2.50 bits per heavy atom. The van der Waals surface area contributed by atoms with E-state index in [4.69, 9.17) is 10.5 Å². The number of fused-ring (bicyclic) bond motifs is 1. The summed E-state index contributed by atoms with van der Waals surface area (Å²) in [5.74, 6) is 0.0648. The fraction of sp³-hybridized carbons (Fsp3) is 0.172. The second-order valence-electron chi connectivity index (χ2n) is 10.2. The summed E-state index contributed by atoms with van der Waals surface area (Å²) < 4.78 is 32.9. The molecule has 3 N–H and O–H groups in total. The van der Waals surface area contributed by atoms with E-state index in [-0.39, 0.29) is 16.5 Å². The summed E-state index contributed by atoms with van der Waals surface area (Å²) in [6.07, 6.45) is 2.77. The number of hydrogen-bond donors (Lipinski definition) is 2. The van der Waals surface area contributed by atoms with Crippen LogP contribution in [-0.2, 0) is 21.2 Å². The average Bonchev–Trinajstić information content (AvgIpc) is 3.32. The molecule has 10 nitrogen and oxygen atoms in total. The maximum Gasteiger partial charge on any atom is 0.414 e. The quantitative estimate of drug-likeness (QED) is 0.270. The molecule has 204 valence electrons. The molecule has 40 heavy (non-hydrogen) atoms. The van der Waals surface area contributed by atoms with E-state index in [0.29, 0.717) is 34.4 Å². The highest BCUT2D eigenvalue weighted by Gasteiger charge is 2.21. The number of benzene rings is 2. The number of nitrogens with one attached hydrogen (secondary N) is 1. The lowest BCUT2D eigenvalue weighted by Gasteiger charge is -2.19. The number of nitrogen functional groups attached to an aromatic ring is 1. The van der Waals surface area contributed by atoms with Crippen LogP contribution < -0.4 is 11.1 Å². The first-order valence-corrected chi connectivity index (χ1v) is 13.9. The molecule has 1 amide bonds. The van der Waals surface area contributed by atoms with Crippen LogP contribution in [0.25, 0.3) is 22.3 Å². The SMILES string of the molecule is CC(C)(C)OC(=O)Nc1nc(Cc2cccc(N)c2)cc(-c2cnc3c(ccn3S(=O)(=O)c3ccccc3)c2)n1. The Hall–Kier alpha value is -4.77. The first-order valence-electron chi connectivity index (χ1n) is 12.5. The van der Waals surface area contributed by atoms with Gasteiger partial charge in [0, 0.05) is 35.5 Å². The molecule has 0 unspecified atom stereocenters. The molecule has 0 aliphatic heterocycles. The third kappa shape index (κ3) is 5.94. The number of rotatable bonds is 6. The van der Waals surface area contributed by atoms with Crippen LogP contribution in [0.3, 0.4) is 0 Å². The molecule has 2 aromatic carbocycles. The van der Waals surface area contributed by atoms with E-state index in [0.717, 1.165) is 9.54 Å². The molecule has 0 bridgehead atoms. The number of anilines is 2. The summed E-state index contributed by atoms with van der Waals surface area (Å²) >= 11 is 0. The van der Waals surface area contributed by atoms with Crippen molar-refractivity contribution in [2.45, 2.75) is 37.7 Å². The number of amides is 1. The standard InChI is InChI=1S/C29H28N6O4S/c1-29(2,3)39-28(36)34-27-32-23(15-19-8-7-9-22(30)14-19)17-25(33-27)21-16-20-12-13-35(26(20)31-18-21)40(37,38)24-10-5-4-6-11-24/h4-14,16-18H,15,30H2,1-3H3,(H,32,33,34,36). The molecule has 0 aliphatic carbocycles. The van der Waals surface area contributed by atoms with E-state index in [1.807, 2.05) is 18.2 Å². The monoisotopic (exact) mass is 556 g/mol. The van der Waals surface area contributed by atoms with Crippen LogP contribution in [0.4, 0.5) is 16.4 Å². The van der Waals surface area contributed by atoms with E-state index in [1.54, 1.807) is 69.4 Å². The van der Waals surface area contributed by atoms with Gasteiger partial charge >= 0.3 is 6.09 Å². The summed E-state index contributed by atoms with van der Waals surface area (Å²) in [4.78, 5) is 26.2. The van der Waals surface area contributed by atoms with Crippen molar-refractivity contribution in [1.82, 2.24) is 18.9 Å². The summed E-state index contributed by atoms with van der Waals surface area (Å²) in [7, 11) is -3.82. The molecule has 3 heterocycles. The number of nitrogens with zero attached hydrogens (tertiary/aromatic N) is 4. The highest BCUT2D eigenvalue weighted by molar-refractivity contribution is 7.90. The third-order valence-electron chi connectivity index (χ3n) is 5.82. The van der Waals surface area contributed by atoms with Crippen molar-refractivity contribution in [3.63, 3.8) is 0 Å². The summed E-state index contributed by atoms with van der Waals surface area (Å²) in [5, 5.41) is 3.22. The first-order chi connectivity index (χ1) is 19.0. The highest BCUT2D eigenvalue weighted by Crippen LogP contribution is 2.27. The molecule has 0 fully saturated rings. The Balaban J connectivity index is 1.53. The Labute approximate surface area is 231 Å². The largest absolute Gasteiger partial charge is 0.444 e. The Morgan fingerprint density at radius 2 is 1.77 bits per heavy atom. The molecule has 3 aromatic heterocycles. The topological polar surface area (TPSA) is 142 Å². The fourth-order valence-corrected chi connectivity index (χ4v) is 5.47. The van der Waals surface area contributed by atoms with Gasteiger partial charge in [0.15, 0.2) is 5.65 Å². The van der Waals surface area contributed by atoms with Gasteiger partial charge in [-0.25, -0.2) is 32.1 Å². The zero-order valence-electron chi connectivity index (χ0n) is 22.2. The van der Waals surface area contributed by atoms with Gasteiger partial charge < -0.3 is 10.5 Å². The van der Waals surface area contributed by atoms with Crippen LogP contribution in [0.2, 0.25) is 0 Å². The number of nitrogens with two attached hydrogens (primary N) is 1. The van der Waals surface area contributed by atoms with Crippen LogP contribution in [0.5, 0.6) is 0 Å². The lowest BCUT2D eigenvalue weighted by molar-refractivity contribution is 0.0634. The van der Waals surface area contributed by atoms with Crippen molar-refractivity contribution in [2.24, 2.45) is 0 Å². The molecule has 0 spiro atoms. The Kier molecular flexibility index (Phi) is 6.99. The summed E-state index contributed by atoms with van der Waals surface area (Å²) in [5.41, 5.74) is 8.84. The van der Waals surface area contributed by atoms with E-state index in [9.17, 15) is 13.2 Å². The van der Waals surface area contributed by atoms with Gasteiger partial charge in [-0.15, -0.1) is 0 Å². The molecule has 0 saturated heterocycles. The number of pyridine rings is 1. The first kappa shape index (κ1) is 26.8. The number of ether oxygens (including phenoxy) is 1. The number of aromatic nitrogens is 4. The molecule has 0 radical (unpaired) electrons. The Morgan fingerprint density at radius 1 is 1.00 bits per heavy atom. The van der Waals surface area contributed by atoms with Crippen LogP contribution in [0, 0.1) is 0 Å². The average molecular weight is 557 g/mol. The van der Waals surface area contributed by atoms with Gasteiger partial charge in [-0.1, -0.05) is 30.3 Å². The molecule has 0 aliphatic rings. The minimum Gasteiger partial charge on any atom is -0.444 e. The van der Waals surface area contributed by atoms with Crippen molar-refractivity contribution in [3.05, 3.63) is 96.4 Å². The smallest absolute Gasteiger partial charge is 0.414 e. The van der Waals surface area contributed by atoms with Gasteiger partial charge in [-0.3, -0.25) is 5.32 Å². The van der Waals surface area contributed by atoms with Crippen molar-refractivity contribution < 1.29 is 17.9 Å². The normalized spacial score (nSPS) is 11.9. The third-order valence-corrected chi connectivity index (χ3v) is 7.50. The van der Waals surface area contributed by atoms with Gasteiger partial charge in [0.1, 0.15) is 5.60 Å². The van der Waals surface area contributed by atoms with Crippen molar-refractivity contribution in [2.75, 3.05) is 11.1 Å². The predicted octanol–water partition coefficient (Wildman–Crippen LogP) is 5.25. The van der Waals surface area contributed by atoms with Crippen LogP contribution in [0.15, 0.2) is 90.1 Å². The van der Waals surface area contributed by atoms with Crippen LogP contribution in [0.1, 0.15) is 32.0 Å². The summed E-state index contributed by atoms with van der Waals surface area (Å²) in [6, 6.07) is 20.9. The van der Waals surface area contributed by atoms with Crippen molar-refractivity contribution in [3.8, 4) is 11.3 Å². The lowest BCUT2D eigenvalue weighted by Crippen LogP contribution is -2.28. The Bertz CT molecular complexity index is 1810. The molecular weight excluding hydrogens is 528 g/mol. The van der Waals surface area contributed by atoms with E-state index in [1.165, 1.54) is 18.3 Å². The molecule has 11 heteroatoms. The second kappa shape index (κ2) is 10.4. The van der Waals surface area contributed by atoms with Gasteiger partial charge in [0.05, 0.1) is 16.3 Å². The molecular formula is C29H28N6O4S. The zero-order valence-corrected chi connectivity index (χ0v) is 23.0. The summed E-state index contributed by atoms with van der Waals surface area (Å²) in [6.45, 7) is 5.29. The van der Waals surface area contributed by atoms with Crippen molar-refractivity contribution >= 4 is 38.8 Å². The molecule has 5 aromatic rings. The number of carbonyl (C=O) groups excluding carboxylic acids is 1. The van der Waals surface area contributed by atoms with Crippen LogP contribution >= 0.6 is 0 Å². The maximum atomic E-state index is 13.2. The molecule has 5 rings (SSSR count). The molecule has 0 atom stereocenters. The minimum absolute atomic E-state index is 0.0648. The van der Waals surface area contributed by atoms with E-state index < -0.39 is 21.7 Å². The molecule has 0 saturated carbocycles. The van der Waals surface area contributed by atoms with Gasteiger partial charge in [-0.2, -0.15) is 0 Å². The predicted molar refractivity (Wildman–Crippen MR) is 153 cm³/mol.